The van der Waals surface area contributed by atoms with E-state index in [1.807, 2.05) is 60.7 Å². The molecule has 2 aliphatic rings. The smallest absolute Gasteiger partial charge is 0.417 e. The fourth-order valence-corrected chi connectivity index (χ4v) is 4.21. The lowest BCUT2D eigenvalue weighted by Gasteiger charge is -2.29. The fraction of sp³-hybridized carbons (Fsp3) is 0.333. The maximum atomic E-state index is 13.5. The third-order valence-electron chi connectivity index (χ3n) is 5.41. The van der Waals surface area contributed by atoms with Crippen molar-refractivity contribution in [3.05, 3.63) is 71.3 Å². The quantitative estimate of drug-likeness (QED) is 0.728. The normalized spacial score (nSPS) is 22.8. The van der Waals surface area contributed by atoms with Gasteiger partial charge in [-0.15, -0.1) is 0 Å². The first-order valence-corrected chi connectivity index (χ1v) is 9.77. The van der Waals surface area contributed by atoms with E-state index in [4.69, 9.17) is 9.47 Å². The molecule has 150 valence electrons. The summed E-state index contributed by atoms with van der Waals surface area (Å²) in [6.45, 7) is 5.41. The maximum Gasteiger partial charge on any atom is 0.417 e. The van der Waals surface area contributed by atoms with E-state index in [0.717, 1.165) is 22.4 Å². The lowest BCUT2D eigenvalue weighted by atomic mass is 9.77. The SMILES string of the molecule is COc1ccc([C@H]2[C@@H]3C=Cc4ccccc4[C@@H]3C(=O)N2C(=O)OC(C)(C)C)cc1. The summed E-state index contributed by atoms with van der Waals surface area (Å²) < 4.78 is 10.9. The van der Waals surface area contributed by atoms with Gasteiger partial charge in [0.05, 0.1) is 19.1 Å². The van der Waals surface area contributed by atoms with E-state index in [-0.39, 0.29) is 11.8 Å². The van der Waals surface area contributed by atoms with Gasteiger partial charge in [0.2, 0.25) is 5.91 Å². The van der Waals surface area contributed by atoms with E-state index in [9.17, 15) is 9.59 Å². The van der Waals surface area contributed by atoms with Gasteiger partial charge in [-0.3, -0.25) is 4.79 Å². The fourth-order valence-electron chi connectivity index (χ4n) is 4.21. The summed E-state index contributed by atoms with van der Waals surface area (Å²) in [4.78, 5) is 27.9. The summed E-state index contributed by atoms with van der Waals surface area (Å²) in [5.41, 5.74) is 2.15. The van der Waals surface area contributed by atoms with Crippen LogP contribution in [0, 0.1) is 5.92 Å². The Labute approximate surface area is 170 Å². The number of fused-ring (bicyclic) bond motifs is 3. The number of carbonyl (C=O) groups is 2. The highest BCUT2D eigenvalue weighted by molar-refractivity contribution is 6.00. The molecule has 5 nitrogen and oxygen atoms in total. The molecule has 1 aliphatic heterocycles. The molecule has 2 amide bonds. The molecule has 29 heavy (non-hydrogen) atoms. The van der Waals surface area contributed by atoms with Gasteiger partial charge in [0.15, 0.2) is 0 Å². The van der Waals surface area contributed by atoms with Crippen LogP contribution in [0.3, 0.4) is 0 Å². The molecule has 3 atom stereocenters. The first-order chi connectivity index (χ1) is 13.8. The van der Waals surface area contributed by atoms with Gasteiger partial charge in [-0.05, 0) is 49.6 Å². The van der Waals surface area contributed by atoms with E-state index in [2.05, 4.69) is 0 Å². The summed E-state index contributed by atoms with van der Waals surface area (Å²) >= 11 is 0. The number of ether oxygens (including phenoxy) is 2. The predicted octanol–water partition coefficient (Wildman–Crippen LogP) is 4.94. The molecule has 2 aromatic carbocycles. The molecular weight excluding hydrogens is 366 g/mol. The second kappa shape index (κ2) is 7.07. The lowest BCUT2D eigenvalue weighted by molar-refractivity contribution is -0.129. The second-order valence-electron chi connectivity index (χ2n) is 8.45. The van der Waals surface area contributed by atoms with Crippen molar-refractivity contribution in [3.8, 4) is 5.75 Å². The number of methoxy groups -OCH3 is 1. The Morgan fingerprint density at radius 1 is 1.03 bits per heavy atom. The zero-order valence-electron chi connectivity index (χ0n) is 17.1. The van der Waals surface area contributed by atoms with Crippen molar-refractivity contribution in [2.75, 3.05) is 7.11 Å². The third kappa shape index (κ3) is 3.41. The van der Waals surface area contributed by atoms with E-state index >= 15 is 0 Å². The van der Waals surface area contributed by atoms with E-state index < -0.39 is 23.7 Å². The summed E-state index contributed by atoms with van der Waals surface area (Å²) in [5.74, 6) is -0.0565. The Morgan fingerprint density at radius 2 is 1.72 bits per heavy atom. The molecule has 2 aromatic rings. The van der Waals surface area contributed by atoms with Crippen LogP contribution in [0.2, 0.25) is 0 Å². The average Bonchev–Trinajstić information content (AvgIpc) is 3.00. The van der Waals surface area contributed by atoms with Crippen LogP contribution in [-0.4, -0.2) is 29.6 Å². The van der Waals surface area contributed by atoms with E-state index in [0.29, 0.717) is 0 Å². The van der Waals surface area contributed by atoms with Crippen LogP contribution in [0.15, 0.2) is 54.6 Å². The molecule has 0 N–H and O–H groups in total. The number of nitrogens with zero attached hydrogens (tertiary/aromatic N) is 1. The number of hydrogen-bond donors (Lipinski definition) is 0. The monoisotopic (exact) mass is 391 g/mol. The Hall–Kier alpha value is -3.08. The largest absolute Gasteiger partial charge is 0.497 e. The Balaban J connectivity index is 1.80. The number of carbonyl (C=O) groups excluding carboxylic acids is 2. The summed E-state index contributed by atoms with van der Waals surface area (Å²) in [6, 6.07) is 14.9. The first kappa shape index (κ1) is 19.2. The molecule has 0 aromatic heterocycles. The minimum Gasteiger partial charge on any atom is -0.497 e. The highest BCUT2D eigenvalue weighted by atomic mass is 16.6. The van der Waals surface area contributed by atoms with Crippen molar-refractivity contribution in [3.63, 3.8) is 0 Å². The molecule has 0 spiro atoms. The van der Waals surface area contributed by atoms with Crippen molar-refractivity contribution >= 4 is 18.1 Å². The molecule has 1 saturated heterocycles. The molecule has 0 unspecified atom stereocenters. The van der Waals surface area contributed by atoms with Gasteiger partial charge in [0, 0.05) is 5.92 Å². The second-order valence-corrected chi connectivity index (χ2v) is 8.45. The average molecular weight is 391 g/mol. The number of hydrogen-bond acceptors (Lipinski definition) is 4. The van der Waals surface area contributed by atoms with Crippen LogP contribution in [-0.2, 0) is 9.53 Å². The topological polar surface area (TPSA) is 55.8 Å². The van der Waals surface area contributed by atoms with Crippen LogP contribution >= 0.6 is 0 Å². The van der Waals surface area contributed by atoms with Crippen molar-refractivity contribution in [2.45, 2.75) is 38.3 Å². The minimum atomic E-state index is -0.691. The van der Waals surface area contributed by atoms with E-state index in [1.54, 1.807) is 27.9 Å². The van der Waals surface area contributed by atoms with Gasteiger partial charge in [-0.2, -0.15) is 0 Å². The molecule has 0 bridgehead atoms. The first-order valence-electron chi connectivity index (χ1n) is 9.77. The molecule has 1 aliphatic carbocycles. The number of likely N-dealkylation sites (tertiary alicyclic amines) is 1. The predicted molar refractivity (Wildman–Crippen MR) is 111 cm³/mol. The molecule has 5 heteroatoms. The number of imide groups is 1. The summed E-state index contributed by atoms with van der Waals surface area (Å²) in [6.07, 6.45) is 3.48. The molecule has 0 radical (unpaired) electrons. The Kier molecular flexibility index (Phi) is 4.69. The standard InChI is InChI=1S/C24H25NO4/c1-24(2,3)29-23(27)25-21(16-9-12-17(28-4)13-10-16)19-14-11-15-7-5-6-8-18(15)20(19)22(25)26/h5-14,19-21H,1-4H3/t19-,20+,21+/m1/s1. The molecule has 0 saturated carbocycles. The van der Waals surface area contributed by atoms with Gasteiger partial charge in [-0.25, -0.2) is 9.69 Å². The number of amides is 2. The van der Waals surface area contributed by atoms with E-state index in [1.165, 1.54) is 4.90 Å². The van der Waals surface area contributed by atoms with Crippen LogP contribution in [0.4, 0.5) is 4.79 Å². The Bertz CT molecular complexity index is 971. The van der Waals surface area contributed by atoms with Crippen LogP contribution in [0.5, 0.6) is 5.75 Å². The highest BCUT2D eigenvalue weighted by Crippen LogP contribution is 2.51. The number of rotatable bonds is 2. The molecule has 1 fully saturated rings. The zero-order chi connectivity index (χ0) is 20.8. The van der Waals surface area contributed by atoms with Crippen molar-refractivity contribution in [2.24, 2.45) is 5.92 Å². The van der Waals surface area contributed by atoms with Gasteiger partial charge in [-0.1, -0.05) is 48.6 Å². The van der Waals surface area contributed by atoms with Crippen LogP contribution in [0.25, 0.3) is 6.08 Å². The van der Waals surface area contributed by atoms with Gasteiger partial charge >= 0.3 is 6.09 Å². The van der Waals surface area contributed by atoms with Gasteiger partial charge in [0.25, 0.3) is 0 Å². The van der Waals surface area contributed by atoms with Crippen molar-refractivity contribution in [1.29, 1.82) is 0 Å². The van der Waals surface area contributed by atoms with Crippen LogP contribution in [0.1, 0.15) is 49.4 Å². The Morgan fingerprint density at radius 3 is 2.38 bits per heavy atom. The van der Waals surface area contributed by atoms with Gasteiger partial charge in [0.1, 0.15) is 11.4 Å². The van der Waals surface area contributed by atoms with Gasteiger partial charge < -0.3 is 9.47 Å². The minimum absolute atomic E-state index is 0.154. The highest BCUT2D eigenvalue weighted by Gasteiger charge is 2.53. The lowest BCUT2D eigenvalue weighted by Crippen LogP contribution is -2.39. The maximum absolute atomic E-state index is 13.5. The van der Waals surface area contributed by atoms with Crippen molar-refractivity contribution in [1.82, 2.24) is 4.90 Å². The zero-order valence-corrected chi connectivity index (χ0v) is 17.1. The molecule has 4 rings (SSSR count). The third-order valence-corrected chi connectivity index (χ3v) is 5.41. The summed E-state index contributed by atoms with van der Waals surface area (Å²) in [7, 11) is 1.61. The number of benzene rings is 2. The molecular formula is C24H25NO4. The summed E-state index contributed by atoms with van der Waals surface area (Å²) in [5, 5.41) is 0. The molecule has 1 heterocycles. The van der Waals surface area contributed by atoms with Crippen LogP contribution < -0.4 is 4.74 Å². The van der Waals surface area contributed by atoms with Crippen molar-refractivity contribution < 1.29 is 19.1 Å².